The summed E-state index contributed by atoms with van der Waals surface area (Å²) in [5, 5.41) is 3.12. The summed E-state index contributed by atoms with van der Waals surface area (Å²) >= 11 is 0. The SMILES string of the molecule is CCCNCc1ccc(F)cc1S(=O)(=O)NCCOCC. The molecule has 0 aliphatic rings. The zero-order chi connectivity index (χ0) is 15.7. The maximum absolute atomic E-state index is 13.4. The second kappa shape index (κ2) is 9.09. The standard InChI is InChI=1S/C14H23FN2O3S/c1-3-7-16-11-12-5-6-13(15)10-14(12)21(18,19)17-8-9-20-4-2/h5-6,10,16-17H,3-4,7-9,11H2,1-2H3. The van der Waals surface area contributed by atoms with Crippen LogP contribution in [0.3, 0.4) is 0 Å². The Labute approximate surface area is 125 Å². The third-order valence-corrected chi connectivity index (χ3v) is 4.35. The number of ether oxygens (including phenoxy) is 1. The van der Waals surface area contributed by atoms with Crippen LogP contribution in [-0.4, -0.2) is 34.7 Å². The molecule has 0 atom stereocenters. The summed E-state index contributed by atoms with van der Waals surface area (Å²) in [6.07, 6.45) is 0.940. The quantitative estimate of drug-likeness (QED) is 0.644. The van der Waals surface area contributed by atoms with E-state index in [4.69, 9.17) is 4.74 Å². The highest BCUT2D eigenvalue weighted by Gasteiger charge is 2.18. The fourth-order valence-electron chi connectivity index (χ4n) is 1.79. The zero-order valence-electron chi connectivity index (χ0n) is 12.5. The fourth-order valence-corrected chi connectivity index (χ4v) is 3.06. The normalized spacial score (nSPS) is 11.8. The predicted molar refractivity (Wildman–Crippen MR) is 80.1 cm³/mol. The van der Waals surface area contributed by atoms with Gasteiger partial charge in [-0.05, 0) is 37.6 Å². The molecule has 21 heavy (non-hydrogen) atoms. The highest BCUT2D eigenvalue weighted by atomic mass is 32.2. The molecule has 1 aromatic carbocycles. The molecule has 2 N–H and O–H groups in total. The largest absolute Gasteiger partial charge is 0.380 e. The third-order valence-electron chi connectivity index (χ3n) is 2.80. The van der Waals surface area contributed by atoms with Gasteiger partial charge in [-0.3, -0.25) is 0 Å². The van der Waals surface area contributed by atoms with Gasteiger partial charge in [-0.25, -0.2) is 17.5 Å². The average molecular weight is 318 g/mol. The van der Waals surface area contributed by atoms with Crippen LogP contribution in [0, 0.1) is 5.82 Å². The number of sulfonamides is 1. The van der Waals surface area contributed by atoms with Crippen LogP contribution in [0.15, 0.2) is 23.1 Å². The summed E-state index contributed by atoms with van der Waals surface area (Å²) in [4.78, 5) is -0.0254. The second-order valence-electron chi connectivity index (χ2n) is 4.52. The van der Waals surface area contributed by atoms with Gasteiger partial charge in [0.15, 0.2) is 0 Å². The van der Waals surface area contributed by atoms with E-state index in [0.717, 1.165) is 19.0 Å². The lowest BCUT2D eigenvalue weighted by molar-refractivity contribution is 0.153. The third kappa shape index (κ3) is 6.09. The molecule has 0 spiro atoms. The lowest BCUT2D eigenvalue weighted by Crippen LogP contribution is -2.29. The molecule has 120 valence electrons. The van der Waals surface area contributed by atoms with E-state index in [0.29, 0.717) is 18.7 Å². The molecule has 7 heteroatoms. The van der Waals surface area contributed by atoms with Gasteiger partial charge in [0, 0.05) is 19.7 Å². The van der Waals surface area contributed by atoms with Gasteiger partial charge in [-0.2, -0.15) is 0 Å². The maximum Gasteiger partial charge on any atom is 0.241 e. The van der Waals surface area contributed by atoms with Crippen molar-refractivity contribution < 1.29 is 17.5 Å². The molecule has 0 aliphatic carbocycles. The monoisotopic (exact) mass is 318 g/mol. The van der Waals surface area contributed by atoms with Gasteiger partial charge >= 0.3 is 0 Å². The van der Waals surface area contributed by atoms with E-state index in [1.807, 2.05) is 13.8 Å². The van der Waals surface area contributed by atoms with Crippen molar-refractivity contribution in [2.45, 2.75) is 31.7 Å². The van der Waals surface area contributed by atoms with Crippen molar-refractivity contribution in [1.82, 2.24) is 10.0 Å². The molecule has 0 saturated heterocycles. The van der Waals surface area contributed by atoms with E-state index in [2.05, 4.69) is 10.0 Å². The minimum atomic E-state index is -3.74. The van der Waals surface area contributed by atoms with Gasteiger partial charge in [0.1, 0.15) is 5.82 Å². The fraction of sp³-hybridized carbons (Fsp3) is 0.571. The number of nitrogens with one attached hydrogen (secondary N) is 2. The molecule has 0 fully saturated rings. The van der Waals surface area contributed by atoms with Crippen LogP contribution in [0.1, 0.15) is 25.8 Å². The number of rotatable bonds is 10. The van der Waals surface area contributed by atoms with E-state index in [9.17, 15) is 12.8 Å². The van der Waals surface area contributed by atoms with Gasteiger partial charge in [0.05, 0.1) is 11.5 Å². The van der Waals surface area contributed by atoms with Crippen LogP contribution in [0.4, 0.5) is 4.39 Å². The van der Waals surface area contributed by atoms with Gasteiger partial charge in [-0.15, -0.1) is 0 Å². The molecule has 0 amide bonds. The summed E-state index contributed by atoms with van der Waals surface area (Å²) in [6, 6.07) is 3.81. The Balaban J connectivity index is 2.84. The first-order valence-corrected chi connectivity index (χ1v) is 8.56. The molecule has 0 aliphatic heterocycles. The van der Waals surface area contributed by atoms with Crippen LogP contribution in [0.5, 0.6) is 0 Å². The molecule has 0 saturated carbocycles. The van der Waals surface area contributed by atoms with Crippen molar-refractivity contribution in [2.24, 2.45) is 0 Å². The Morgan fingerprint density at radius 1 is 1.24 bits per heavy atom. The van der Waals surface area contributed by atoms with E-state index < -0.39 is 15.8 Å². The molecule has 0 unspecified atom stereocenters. The van der Waals surface area contributed by atoms with Gasteiger partial charge in [0.25, 0.3) is 0 Å². The number of benzene rings is 1. The highest BCUT2D eigenvalue weighted by molar-refractivity contribution is 7.89. The first kappa shape index (κ1) is 18.0. The number of hydrogen-bond acceptors (Lipinski definition) is 4. The Hall–Kier alpha value is -1.02. The number of hydrogen-bond donors (Lipinski definition) is 2. The van der Waals surface area contributed by atoms with E-state index in [-0.39, 0.29) is 18.0 Å². The maximum atomic E-state index is 13.4. The molecule has 0 aromatic heterocycles. The smallest absolute Gasteiger partial charge is 0.241 e. The van der Waals surface area contributed by atoms with Crippen LogP contribution >= 0.6 is 0 Å². The van der Waals surface area contributed by atoms with Crippen LogP contribution < -0.4 is 10.0 Å². The molecule has 0 bridgehead atoms. The van der Waals surface area contributed by atoms with E-state index >= 15 is 0 Å². The average Bonchev–Trinajstić information content (AvgIpc) is 2.45. The second-order valence-corrected chi connectivity index (χ2v) is 6.26. The van der Waals surface area contributed by atoms with Crippen LogP contribution in [0.25, 0.3) is 0 Å². The lowest BCUT2D eigenvalue weighted by Gasteiger charge is -2.12. The summed E-state index contributed by atoms with van der Waals surface area (Å²) < 4.78 is 45.4. The van der Waals surface area contributed by atoms with Gasteiger partial charge < -0.3 is 10.1 Å². The van der Waals surface area contributed by atoms with Crippen molar-refractivity contribution in [2.75, 3.05) is 26.3 Å². The molecular weight excluding hydrogens is 295 g/mol. The summed E-state index contributed by atoms with van der Waals surface area (Å²) in [7, 11) is -3.74. The molecule has 5 nitrogen and oxygen atoms in total. The summed E-state index contributed by atoms with van der Waals surface area (Å²) in [5.41, 5.74) is 0.550. The lowest BCUT2D eigenvalue weighted by atomic mass is 10.2. The van der Waals surface area contributed by atoms with E-state index in [1.54, 1.807) is 0 Å². The Morgan fingerprint density at radius 2 is 2.00 bits per heavy atom. The molecule has 0 heterocycles. The number of halogens is 1. The summed E-state index contributed by atoms with van der Waals surface area (Å²) in [5.74, 6) is -0.570. The van der Waals surface area contributed by atoms with Crippen molar-refractivity contribution in [3.8, 4) is 0 Å². The first-order valence-electron chi connectivity index (χ1n) is 7.07. The molecule has 1 rings (SSSR count). The van der Waals surface area contributed by atoms with Gasteiger partial charge in [-0.1, -0.05) is 13.0 Å². The van der Waals surface area contributed by atoms with Crippen molar-refractivity contribution in [1.29, 1.82) is 0 Å². The van der Waals surface area contributed by atoms with Crippen LogP contribution in [-0.2, 0) is 21.3 Å². The molecule has 1 aromatic rings. The van der Waals surface area contributed by atoms with Crippen molar-refractivity contribution in [3.63, 3.8) is 0 Å². The summed E-state index contributed by atoms with van der Waals surface area (Å²) in [6.45, 7) is 5.98. The van der Waals surface area contributed by atoms with Crippen molar-refractivity contribution >= 4 is 10.0 Å². The molecular formula is C14H23FN2O3S. The molecule has 0 radical (unpaired) electrons. The van der Waals surface area contributed by atoms with Crippen molar-refractivity contribution in [3.05, 3.63) is 29.6 Å². The zero-order valence-corrected chi connectivity index (χ0v) is 13.3. The topological polar surface area (TPSA) is 67.4 Å². The van der Waals surface area contributed by atoms with Crippen LogP contribution in [0.2, 0.25) is 0 Å². The Kier molecular flexibility index (Phi) is 7.81. The van der Waals surface area contributed by atoms with Gasteiger partial charge in [0.2, 0.25) is 10.0 Å². The minimum absolute atomic E-state index is 0.0254. The predicted octanol–water partition coefficient (Wildman–Crippen LogP) is 1.64. The Morgan fingerprint density at radius 3 is 2.67 bits per heavy atom. The first-order chi connectivity index (χ1) is 10.0. The van der Waals surface area contributed by atoms with E-state index in [1.165, 1.54) is 12.1 Å². The highest BCUT2D eigenvalue weighted by Crippen LogP contribution is 2.17. The Bertz CT molecular complexity index is 535. The minimum Gasteiger partial charge on any atom is -0.380 e.